The van der Waals surface area contributed by atoms with Gasteiger partial charge in [0.1, 0.15) is 0 Å². The number of aliphatic hydroxyl groups excluding tert-OH is 1. The third kappa shape index (κ3) is 3.44. The minimum Gasteiger partial charge on any atom is -0.481 e. The predicted octanol–water partition coefficient (Wildman–Crippen LogP) is 6.63. The zero-order valence-electron chi connectivity index (χ0n) is 24.1. The molecule has 37 heavy (non-hydrogen) atoms. The quantitative estimate of drug-likeness (QED) is 0.325. The molecule has 5 rings (SSSR count). The van der Waals surface area contributed by atoms with Gasteiger partial charge in [0, 0.05) is 12.3 Å². The highest BCUT2D eigenvalue weighted by Crippen LogP contribution is 2.77. The molecule has 0 heterocycles. The van der Waals surface area contributed by atoms with E-state index in [9.17, 15) is 19.8 Å². The molecule has 5 fully saturated rings. The lowest BCUT2D eigenvalue weighted by Crippen LogP contribution is -2.69. The number of carbonyl (C=O) groups excluding carboxylic acids is 1. The summed E-state index contributed by atoms with van der Waals surface area (Å²) in [6, 6.07) is 0. The van der Waals surface area contributed by atoms with E-state index in [2.05, 4.69) is 41.2 Å². The molecule has 0 saturated heterocycles. The number of aliphatic hydroxyl groups is 1. The fourth-order valence-electron chi connectivity index (χ4n) is 11.9. The van der Waals surface area contributed by atoms with Crippen LogP contribution in [0.1, 0.15) is 106 Å². The first kappa shape index (κ1) is 27.2. The summed E-state index contributed by atoms with van der Waals surface area (Å²) in [5.74, 6) is 0.546. The van der Waals surface area contributed by atoms with E-state index in [0.29, 0.717) is 24.9 Å². The van der Waals surface area contributed by atoms with E-state index in [4.69, 9.17) is 4.74 Å². The van der Waals surface area contributed by atoms with Gasteiger partial charge in [-0.1, -0.05) is 39.8 Å². The second-order valence-electron chi connectivity index (χ2n) is 15.0. The number of rotatable bonds is 4. The fraction of sp³-hybridized carbons (Fsp3) is 0.875. The van der Waals surface area contributed by atoms with Crippen LogP contribution in [0, 0.1) is 56.7 Å². The normalized spacial score (nSPS) is 50.1. The van der Waals surface area contributed by atoms with E-state index in [1.54, 1.807) is 0 Å². The Kier molecular flexibility index (Phi) is 6.30. The third-order valence-electron chi connectivity index (χ3n) is 13.7. The molecule has 0 bridgehead atoms. The number of carboxylic acids is 1. The maximum atomic E-state index is 12.9. The first-order chi connectivity index (χ1) is 17.2. The van der Waals surface area contributed by atoms with E-state index in [1.807, 2.05) is 0 Å². The summed E-state index contributed by atoms with van der Waals surface area (Å²) >= 11 is 0. The maximum Gasteiger partial charge on any atom is 0.309 e. The lowest BCUT2D eigenvalue weighted by molar-refractivity contribution is -0.263. The number of fused-ring (bicyclic) bond motifs is 7. The standard InChI is InChI=1S/C32H50O5/c1-19(2)21-10-15-31(27(35)36)16-17-32(18-37-20(3)33)22(26(21)31)8-9-24-29(6)13-12-25(34)28(4,5)23(29)11-14-30(24,32)7/h21-26,34H,1,8-18H2,2-7H3,(H,35,36)/t21-,22-,23-,24+,25+,26-,29+,30+,31-,32+/m1/s1. The minimum atomic E-state index is -0.685. The van der Waals surface area contributed by atoms with Crippen molar-refractivity contribution in [2.45, 2.75) is 112 Å². The van der Waals surface area contributed by atoms with Crippen molar-refractivity contribution in [3.05, 3.63) is 12.2 Å². The van der Waals surface area contributed by atoms with Gasteiger partial charge in [0.25, 0.3) is 0 Å². The van der Waals surface area contributed by atoms with Gasteiger partial charge in [0.05, 0.1) is 18.1 Å². The molecule has 0 aliphatic heterocycles. The molecular formula is C32H50O5. The number of allylic oxidation sites excluding steroid dienone is 1. The SMILES string of the molecule is C=C(C)[C@H]1CC[C@@]2(C(=O)O)CC[C@]3(COC(C)=O)[C@H](CC[C@H]4[C@@]5(C)CC[C@H](O)C(C)(C)[C@H]5CC[C@@]43C)[C@@H]12. The van der Waals surface area contributed by atoms with Gasteiger partial charge in [-0.3, -0.25) is 9.59 Å². The Labute approximate surface area is 223 Å². The molecule has 5 nitrogen and oxygen atoms in total. The van der Waals surface area contributed by atoms with Crippen LogP contribution in [0.25, 0.3) is 0 Å². The highest BCUT2D eigenvalue weighted by atomic mass is 16.5. The molecule has 5 aliphatic rings. The van der Waals surface area contributed by atoms with Crippen LogP contribution in [0.5, 0.6) is 0 Å². The summed E-state index contributed by atoms with van der Waals surface area (Å²) in [6.45, 7) is 17.8. The highest BCUT2D eigenvalue weighted by molar-refractivity contribution is 5.76. The number of hydrogen-bond acceptors (Lipinski definition) is 4. The fourth-order valence-corrected chi connectivity index (χ4v) is 11.9. The van der Waals surface area contributed by atoms with Crippen molar-refractivity contribution in [3.63, 3.8) is 0 Å². The van der Waals surface area contributed by atoms with Gasteiger partial charge in [0.15, 0.2) is 0 Å². The Morgan fingerprint density at radius 3 is 2.22 bits per heavy atom. The first-order valence-electron chi connectivity index (χ1n) is 14.9. The van der Waals surface area contributed by atoms with Crippen molar-refractivity contribution in [1.82, 2.24) is 0 Å². The van der Waals surface area contributed by atoms with Crippen LogP contribution in [-0.2, 0) is 14.3 Å². The number of aliphatic carboxylic acids is 1. The molecule has 5 saturated carbocycles. The summed E-state index contributed by atoms with van der Waals surface area (Å²) in [4.78, 5) is 25.2. The Morgan fingerprint density at radius 2 is 1.59 bits per heavy atom. The van der Waals surface area contributed by atoms with E-state index in [0.717, 1.165) is 63.4 Å². The van der Waals surface area contributed by atoms with E-state index in [1.165, 1.54) is 6.92 Å². The predicted molar refractivity (Wildman–Crippen MR) is 144 cm³/mol. The largest absolute Gasteiger partial charge is 0.481 e. The smallest absolute Gasteiger partial charge is 0.309 e. The second kappa shape index (κ2) is 8.57. The summed E-state index contributed by atoms with van der Waals surface area (Å²) in [6.07, 6.45) is 8.95. The van der Waals surface area contributed by atoms with Crippen molar-refractivity contribution in [2.24, 2.45) is 56.7 Å². The Balaban J connectivity index is 1.63. The maximum absolute atomic E-state index is 12.9. The molecule has 5 heteroatoms. The van der Waals surface area contributed by atoms with Crippen molar-refractivity contribution >= 4 is 11.9 Å². The summed E-state index contributed by atoms with van der Waals surface area (Å²) in [5.41, 5.74) is 0.168. The number of ether oxygens (including phenoxy) is 1. The van der Waals surface area contributed by atoms with Crippen LogP contribution in [-0.4, -0.2) is 34.9 Å². The molecule has 0 aromatic heterocycles. The van der Waals surface area contributed by atoms with Crippen LogP contribution < -0.4 is 0 Å². The van der Waals surface area contributed by atoms with Gasteiger partial charge in [-0.2, -0.15) is 0 Å². The number of hydrogen-bond donors (Lipinski definition) is 2. The average molecular weight is 515 g/mol. The van der Waals surface area contributed by atoms with E-state index >= 15 is 0 Å². The molecule has 208 valence electrons. The van der Waals surface area contributed by atoms with Crippen molar-refractivity contribution in [2.75, 3.05) is 6.61 Å². The van der Waals surface area contributed by atoms with Crippen molar-refractivity contribution in [1.29, 1.82) is 0 Å². The van der Waals surface area contributed by atoms with Crippen molar-refractivity contribution < 1.29 is 24.5 Å². The summed E-state index contributed by atoms with van der Waals surface area (Å²) in [7, 11) is 0. The van der Waals surface area contributed by atoms with Gasteiger partial charge in [-0.25, -0.2) is 0 Å². The molecule has 0 spiro atoms. The van der Waals surface area contributed by atoms with E-state index < -0.39 is 11.4 Å². The summed E-state index contributed by atoms with van der Waals surface area (Å²) < 4.78 is 5.97. The van der Waals surface area contributed by atoms with Crippen LogP contribution in [0.15, 0.2) is 12.2 Å². The Hall–Kier alpha value is -1.36. The van der Waals surface area contributed by atoms with Crippen LogP contribution in [0.3, 0.4) is 0 Å². The lowest BCUT2D eigenvalue weighted by Gasteiger charge is -2.73. The Morgan fingerprint density at radius 1 is 0.892 bits per heavy atom. The lowest BCUT2D eigenvalue weighted by atomic mass is 9.32. The molecule has 0 aromatic carbocycles. The topological polar surface area (TPSA) is 83.8 Å². The van der Waals surface area contributed by atoms with Gasteiger partial charge in [-0.15, -0.1) is 0 Å². The molecule has 0 radical (unpaired) electrons. The molecule has 5 aliphatic carbocycles. The molecule has 10 atom stereocenters. The van der Waals surface area contributed by atoms with E-state index in [-0.39, 0.29) is 51.5 Å². The second-order valence-corrected chi connectivity index (χ2v) is 15.0. The van der Waals surface area contributed by atoms with Crippen LogP contribution in [0.2, 0.25) is 0 Å². The van der Waals surface area contributed by atoms with Crippen LogP contribution in [0.4, 0.5) is 0 Å². The number of esters is 1. The van der Waals surface area contributed by atoms with Gasteiger partial charge in [-0.05, 0) is 117 Å². The first-order valence-corrected chi connectivity index (χ1v) is 14.9. The molecular weight excluding hydrogens is 464 g/mol. The summed E-state index contributed by atoms with van der Waals surface area (Å²) in [5, 5.41) is 21.6. The van der Waals surface area contributed by atoms with Gasteiger partial charge >= 0.3 is 11.9 Å². The molecule has 0 unspecified atom stereocenters. The molecule has 0 amide bonds. The minimum absolute atomic E-state index is 0.0398. The van der Waals surface area contributed by atoms with Crippen molar-refractivity contribution in [3.8, 4) is 0 Å². The molecule has 2 N–H and O–H groups in total. The highest BCUT2D eigenvalue weighted by Gasteiger charge is 2.73. The molecule has 0 aromatic rings. The van der Waals surface area contributed by atoms with Gasteiger partial charge < -0.3 is 14.9 Å². The Bertz CT molecular complexity index is 986. The van der Waals surface area contributed by atoms with Crippen LogP contribution >= 0.6 is 0 Å². The third-order valence-corrected chi connectivity index (χ3v) is 13.7. The van der Waals surface area contributed by atoms with Gasteiger partial charge in [0.2, 0.25) is 0 Å². The number of carbonyl (C=O) groups is 2. The monoisotopic (exact) mass is 514 g/mol. The number of carboxylic acid groups (broad SMARTS) is 1. The zero-order chi connectivity index (χ0) is 27.2. The zero-order valence-corrected chi connectivity index (χ0v) is 24.1. The average Bonchev–Trinajstić information content (AvgIpc) is 3.22.